The predicted molar refractivity (Wildman–Crippen MR) is 61.1 cm³/mol. The molecule has 0 saturated carbocycles. The van der Waals surface area contributed by atoms with E-state index in [1.165, 1.54) is 29.6 Å². The molecule has 1 heterocycles. The highest BCUT2D eigenvalue weighted by Gasteiger charge is 2.08. The standard InChI is InChI=1S/C13H17N/c1-11-10-14-9-5-8-13(11)12-6-3-2-4-7-12/h2-4,6-7,14H,5,8-10H2,1H3. The first-order valence-corrected chi connectivity index (χ1v) is 5.32. The Morgan fingerprint density at radius 3 is 2.71 bits per heavy atom. The second kappa shape index (κ2) is 4.43. The third-order valence-electron chi connectivity index (χ3n) is 2.81. The molecule has 1 heteroatoms. The highest BCUT2D eigenvalue weighted by Crippen LogP contribution is 2.24. The van der Waals surface area contributed by atoms with Crippen molar-refractivity contribution in [3.63, 3.8) is 0 Å². The molecule has 0 atom stereocenters. The molecule has 1 aromatic rings. The van der Waals surface area contributed by atoms with Crippen LogP contribution >= 0.6 is 0 Å². The van der Waals surface area contributed by atoms with Gasteiger partial charge in [-0.15, -0.1) is 0 Å². The summed E-state index contributed by atoms with van der Waals surface area (Å²) in [5.74, 6) is 0. The maximum atomic E-state index is 3.44. The van der Waals surface area contributed by atoms with E-state index in [2.05, 4.69) is 42.6 Å². The third-order valence-corrected chi connectivity index (χ3v) is 2.81. The molecule has 0 aliphatic carbocycles. The summed E-state index contributed by atoms with van der Waals surface area (Å²) in [6.45, 7) is 4.43. The zero-order valence-electron chi connectivity index (χ0n) is 8.72. The molecule has 0 unspecified atom stereocenters. The van der Waals surface area contributed by atoms with Crippen molar-refractivity contribution < 1.29 is 0 Å². The highest BCUT2D eigenvalue weighted by molar-refractivity contribution is 5.68. The van der Waals surface area contributed by atoms with Gasteiger partial charge in [-0.3, -0.25) is 0 Å². The topological polar surface area (TPSA) is 12.0 Å². The van der Waals surface area contributed by atoms with Gasteiger partial charge in [0.05, 0.1) is 0 Å². The van der Waals surface area contributed by atoms with Gasteiger partial charge in [-0.05, 0) is 37.4 Å². The predicted octanol–water partition coefficient (Wildman–Crippen LogP) is 2.84. The van der Waals surface area contributed by atoms with E-state index >= 15 is 0 Å². The van der Waals surface area contributed by atoms with E-state index < -0.39 is 0 Å². The highest BCUT2D eigenvalue weighted by atomic mass is 14.8. The first-order chi connectivity index (χ1) is 6.88. The lowest BCUT2D eigenvalue weighted by Gasteiger charge is -2.08. The zero-order chi connectivity index (χ0) is 9.80. The van der Waals surface area contributed by atoms with Crippen LogP contribution in [-0.4, -0.2) is 13.1 Å². The molecule has 0 spiro atoms. The number of hydrogen-bond donors (Lipinski definition) is 1. The van der Waals surface area contributed by atoms with E-state index in [9.17, 15) is 0 Å². The van der Waals surface area contributed by atoms with Crippen LogP contribution in [0.3, 0.4) is 0 Å². The number of benzene rings is 1. The summed E-state index contributed by atoms with van der Waals surface area (Å²) >= 11 is 0. The van der Waals surface area contributed by atoms with Crippen LogP contribution in [0.1, 0.15) is 25.3 Å². The van der Waals surface area contributed by atoms with Crippen molar-refractivity contribution in [2.75, 3.05) is 13.1 Å². The minimum absolute atomic E-state index is 1.05. The molecule has 1 aliphatic rings. The Labute approximate surface area is 85.8 Å². The van der Waals surface area contributed by atoms with Crippen LogP contribution in [-0.2, 0) is 0 Å². The Hall–Kier alpha value is -1.08. The van der Waals surface area contributed by atoms with Gasteiger partial charge in [0, 0.05) is 6.54 Å². The summed E-state index contributed by atoms with van der Waals surface area (Å²) in [4.78, 5) is 0. The minimum atomic E-state index is 1.05. The average Bonchev–Trinajstić information content (AvgIpc) is 2.44. The Morgan fingerprint density at radius 2 is 1.93 bits per heavy atom. The molecule has 0 aromatic heterocycles. The SMILES string of the molecule is CC1=C(c2ccccc2)CCCNC1. The lowest BCUT2D eigenvalue weighted by atomic mass is 9.97. The monoisotopic (exact) mass is 187 g/mol. The van der Waals surface area contributed by atoms with E-state index in [4.69, 9.17) is 0 Å². The molecular weight excluding hydrogens is 170 g/mol. The molecule has 0 radical (unpaired) electrons. The maximum absolute atomic E-state index is 3.44. The molecular formula is C13H17N. The Bertz CT molecular complexity index is 324. The maximum Gasteiger partial charge on any atom is 0.0167 e. The third kappa shape index (κ3) is 2.05. The van der Waals surface area contributed by atoms with Gasteiger partial charge < -0.3 is 5.32 Å². The summed E-state index contributed by atoms with van der Waals surface area (Å²) in [5.41, 5.74) is 4.43. The molecule has 2 rings (SSSR count). The van der Waals surface area contributed by atoms with Crippen LogP contribution in [0.15, 0.2) is 35.9 Å². The van der Waals surface area contributed by atoms with Crippen LogP contribution in [0, 0.1) is 0 Å². The number of rotatable bonds is 1. The number of hydrogen-bond acceptors (Lipinski definition) is 1. The average molecular weight is 187 g/mol. The first-order valence-electron chi connectivity index (χ1n) is 5.32. The fourth-order valence-corrected chi connectivity index (χ4v) is 2.02. The number of allylic oxidation sites excluding steroid dienone is 1. The molecule has 14 heavy (non-hydrogen) atoms. The van der Waals surface area contributed by atoms with E-state index in [1.54, 1.807) is 0 Å². The fourth-order valence-electron chi connectivity index (χ4n) is 2.02. The van der Waals surface area contributed by atoms with E-state index in [0.29, 0.717) is 0 Å². The molecule has 0 fully saturated rings. The molecule has 0 amide bonds. The van der Waals surface area contributed by atoms with E-state index in [1.807, 2.05) is 0 Å². The van der Waals surface area contributed by atoms with Gasteiger partial charge in [-0.25, -0.2) is 0 Å². The van der Waals surface area contributed by atoms with Gasteiger partial charge in [0.25, 0.3) is 0 Å². The fraction of sp³-hybridized carbons (Fsp3) is 0.385. The van der Waals surface area contributed by atoms with Gasteiger partial charge in [-0.2, -0.15) is 0 Å². The molecule has 0 bridgehead atoms. The number of nitrogens with one attached hydrogen (secondary N) is 1. The Balaban J connectivity index is 2.31. The van der Waals surface area contributed by atoms with Crippen LogP contribution in [0.5, 0.6) is 0 Å². The Kier molecular flexibility index (Phi) is 3.00. The summed E-state index contributed by atoms with van der Waals surface area (Å²) in [7, 11) is 0. The van der Waals surface area contributed by atoms with Crippen molar-refractivity contribution in [1.29, 1.82) is 0 Å². The first kappa shape index (κ1) is 9.47. The molecule has 1 aliphatic heterocycles. The lowest BCUT2D eigenvalue weighted by Crippen LogP contribution is -2.15. The van der Waals surface area contributed by atoms with Crippen molar-refractivity contribution in [2.24, 2.45) is 0 Å². The molecule has 1 aromatic carbocycles. The largest absolute Gasteiger partial charge is 0.313 e. The second-order valence-electron chi connectivity index (χ2n) is 3.91. The lowest BCUT2D eigenvalue weighted by molar-refractivity contribution is 0.715. The molecule has 0 saturated heterocycles. The van der Waals surface area contributed by atoms with Crippen molar-refractivity contribution in [3.8, 4) is 0 Å². The molecule has 1 N–H and O–H groups in total. The molecule has 74 valence electrons. The van der Waals surface area contributed by atoms with Gasteiger partial charge in [0.15, 0.2) is 0 Å². The van der Waals surface area contributed by atoms with Crippen LogP contribution in [0.2, 0.25) is 0 Å². The van der Waals surface area contributed by atoms with Gasteiger partial charge >= 0.3 is 0 Å². The van der Waals surface area contributed by atoms with Crippen molar-refractivity contribution in [1.82, 2.24) is 5.32 Å². The smallest absolute Gasteiger partial charge is 0.0167 e. The summed E-state index contributed by atoms with van der Waals surface area (Å²) < 4.78 is 0. The summed E-state index contributed by atoms with van der Waals surface area (Å²) in [6, 6.07) is 10.7. The van der Waals surface area contributed by atoms with Crippen LogP contribution < -0.4 is 5.32 Å². The van der Waals surface area contributed by atoms with Crippen LogP contribution in [0.4, 0.5) is 0 Å². The van der Waals surface area contributed by atoms with Crippen LogP contribution in [0.25, 0.3) is 5.57 Å². The minimum Gasteiger partial charge on any atom is -0.313 e. The van der Waals surface area contributed by atoms with Gasteiger partial charge in [-0.1, -0.05) is 35.9 Å². The second-order valence-corrected chi connectivity index (χ2v) is 3.91. The van der Waals surface area contributed by atoms with E-state index in [-0.39, 0.29) is 0 Å². The Morgan fingerprint density at radius 1 is 1.14 bits per heavy atom. The summed E-state index contributed by atoms with van der Waals surface area (Å²) in [6.07, 6.45) is 2.46. The van der Waals surface area contributed by atoms with Crippen molar-refractivity contribution >= 4 is 5.57 Å². The van der Waals surface area contributed by atoms with Gasteiger partial charge in [0.2, 0.25) is 0 Å². The zero-order valence-corrected chi connectivity index (χ0v) is 8.72. The van der Waals surface area contributed by atoms with Gasteiger partial charge in [0.1, 0.15) is 0 Å². The normalized spacial score (nSPS) is 18.1. The van der Waals surface area contributed by atoms with E-state index in [0.717, 1.165) is 13.1 Å². The van der Waals surface area contributed by atoms with Crippen molar-refractivity contribution in [3.05, 3.63) is 41.5 Å². The summed E-state index contributed by atoms with van der Waals surface area (Å²) in [5, 5.41) is 3.44. The van der Waals surface area contributed by atoms with Crippen molar-refractivity contribution in [2.45, 2.75) is 19.8 Å². The quantitative estimate of drug-likeness (QED) is 0.713. The molecule has 1 nitrogen and oxygen atoms in total.